The van der Waals surface area contributed by atoms with Gasteiger partial charge in [0.15, 0.2) is 18.3 Å². The molecule has 1 saturated heterocycles. The van der Waals surface area contributed by atoms with Gasteiger partial charge in [-0.2, -0.15) is 0 Å². The topological polar surface area (TPSA) is 88.8 Å². The lowest BCUT2D eigenvalue weighted by Crippen LogP contribution is -2.50. The zero-order valence-electron chi connectivity index (χ0n) is 17.1. The van der Waals surface area contributed by atoms with Gasteiger partial charge in [-0.1, -0.05) is 36.4 Å². The van der Waals surface area contributed by atoms with E-state index in [2.05, 4.69) is 14.9 Å². The molecule has 1 aromatic carbocycles. The summed E-state index contributed by atoms with van der Waals surface area (Å²) in [6.07, 6.45) is 3.83. The highest BCUT2D eigenvalue weighted by Crippen LogP contribution is 2.20. The van der Waals surface area contributed by atoms with Crippen LogP contribution in [-0.4, -0.2) is 59.5 Å². The first-order valence-corrected chi connectivity index (χ1v) is 10.3. The van der Waals surface area contributed by atoms with Gasteiger partial charge in [0.1, 0.15) is 5.82 Å². The summed E-state index contributed by atoms with van der Waals surface area (Å²) in [4.78, 5) is 36.8. The SMILES string of the molecule is O=C(CCc1ncc(-c2ccccc2)o1)OCC(=O)N1CCN(c2ccccn2)CC1. The van der Waals surface area contributed by atoms with Crippen molar-refractivity contribution >= 4 is 17.7 Å². The van der Waals surface area contributed by atoms with Crippen molar-refractivity contribution in [1.29, 1.82) is 0 Å². The molecule has 160 valence electrons. The summed E-state index contributed by atoms with van der Waals surface area (Å²) in [5.41, 5.74) is 0.928. The van der Waals surface area contributed by atoms with Gasteiger partial charge < -0.3 is 19.0 Å². The third kappa shape index (κ3) is 5.48. The average Bonchev–Trinajstić information content (AvgIpc) is 3.31. The predicted octanol–water partition coefficient (Wildman–Crippen LogP) is 2.56. The Balaban J connectivity index is 1.17. The molecule has 1 aliphatic rings. The predicted molar refractivity (Wildman–Crippen MR) is 114 cm³/mol. The lowest BCUT2D eigenvalue weighted by molar-refractivity contribution is -0.152. The van der Waals surface area contributed by atoms with Gasteiger partial charge in [-0.25, -0.2) is 9.97 Å². The molecule has 3 heterocycles. The highest BCUT2D eigenvalue weighted by atomic mass is 16.5. The summed E-state index contributed by atoms with van der Waals surface area (Å²) in [6, 6.07) is 15.4. The van der Waals surface area contributed by atoms with E-state index in [1.807, 2.05) is 48.5 Å². The second kappa shape index (κ2) is 9.88. The maximum atomic E-state index is 12.4. The number of carbonyl (C=O) groups is 2. The molecule has 0 unspecified atom stereocenters. The number of esters is 1. The molecule has 2 aromatic heterocycles. The molecule has 8 nitrogen and oxygen atoms in total. The van der Waals surface area contributed by atoms with Crippen molar-refractivity contribution in [3.05, 3.63) is 66.8 Å². The number of anilines is 1. The van der Waals surface area contributed by atoms with E-state index in [0.717, 1.165) is 11.4 Å². The third-order valence-corrected chi connectivity index (χ3v) is 5.12. The van der Waals surface area contributed by atoms with Crippen molar-refractivity contribution in [3.8, 4) is 11.3 Å². The van der Waals surface area contributed by atoms with Gasteiger partial charge in [-0.3, -0.25) is 9.59 Å². The van der Waals surface area contributed by atoms with Gasteiger partial charge in [0.05, 0.1) is 12.6 Å². The summed E-state index contributed by atoms with van der Waals surface area (Å²) in [6.45, 7) is 2.30. The number of carbonyl (C=O) groups excluding carboxylic acids is 2. The minimum absolute atomic E-state index is 0.107. The second-order valence-corrected chi connectivity index (χ2v) is 7.20. The number of oxazole rings is 1. The first-order valence-electron chi connectivity index (χ1n) is 10.3. The summed E-state index contributed by atoms with van der Waals surface area (Å²) in [7, 11) is 0. The van der Waals surface area contributed by atoms with E-state index in [1.54, 1.807) is 17.3 Å². The van der Waals surface area contributed by atoms with Crippen LogP contribution in [0, 0.1) is 0 Å². The fourth-order valence-electron chi connectivity index (χ4n) is 3.40. The lowest BCUT2D eigenvalue weighted by Gasteiger charge is -2.35. The van der Waals surface area contributed by atoms with Crippen molar-refractivity contribution in [1.82, 2.24) is 14.9 Å². The molecule has 3 aromatic rings. The van der Waals surface area contributed by atoms with Gasteiger partial charge in [0.2, 0.25) is 0 Å². The molecule has 1 aliphatic heterocycles. The van der Waals surface area contributed by atoms with Gasteiger partial charge in [-0.15, -0.1) is 0 Å². The van der Waals surface area contributed by atoms with Gasteiger partial charge in [-0.05, 0) is 12.1 Å². The number of amides is 1. The normalized spacial score (nSPS) is 13.8. The summed E-state index contributed by atoms with van der Waals surface area (Å²) in [5.74, 6) is 1.40. The number of aryl methyl sites for hydroxylation is 1. The Morgan fingerprint density at radius 3 is 2.48 bits per heavy atom. The molecule has 0 radical (unpaired) electrons. The van der Waals surface area contributed by atoms with Crippen LogP contribution >= 0.6 is 0 Å². The summed E-state index contributed by atoms with van der Waals surface area (Å²) < 4.78 is 10.8. The van der Waals surface area contributed by atoms with E-state index in [0.29, 0.717) is 44.3 Å². The smallest absolute Gasteiger partial charge is 0.306 e. The summed E-state index contributed by atoms with van der Waals surface area (Å²) >= 11 is 0. The van der Waals surface area contributed by atoms with Crippen LogP contribution in [0.25, 0.3) is 11.3 Å². The Morgan fingerprint density at radius 1 is 0.968 bits per heavy atom. The first-order chi connectivity index (χ1) is 15.2. The van der Waals surface area contributed by atoms with Crippen LogP contribution in [0.4, 0.5) is 5.82 Å². The fraction of sp³-hybridized carbons (Fsp3) is 0.304. The van der Waals surface area contributed by atoms with Gasteiger partial charge in [0.25, 0.3) is 5.91 Å². The number of hydrogen-bond donors (Lipinski definition) is 0. The lowest BCUT2D eigenvalue weighted by atomic mass is 10.2. The fourth-order valence-corrected chi connectivity index (χ4v) is 3.40. The molecule has 1 amide bonds. The second-order valence-electron chi connectivity index (χ2n) is 7.20. The molecule has 1 fully saturated rings. The molecular formula is C23H24N4O4. The minimum Gasteiger partial charge on any atom is -0.456 e. The highest BCUT2D eigenvalue weighted by molar-refractivity contribution is 5.81. The van der Waals surface area contributed by atoms with E-state index in [9.17, 15) is 9.59 Å². The number of aromatic nitrogens is 2. The monoisotopic (exact) mass is 420 g/mol. The Kier molecular flexibility index (Phi) is 6.56. The maximum absolute atomic E-state index is 12.4. The standard InChI is InChI=1S/C23H24N4O4/c28-22(27-14-12-26(13-15-27)20-8-4-5-11-24-20)17-30-23(29)10-9-21-25-16-19(31-21)18-6-2-1-3-7-18/h1-8,11,16H,9-10,12-15,17H2. The largest absolute Gasteiger partial charge is 0.456 e. The number of hydrogen-bond acceptors (Lipinski definition) is 7. The quantitative estimate of drug-likeness (QED) is 0.543. The zero-order valence-corrected chi connectivity index (χ0v) is 17.1. The molecule has 0 N–H and O–H groups in total. The van der Waals surface area contributed by atoms with Gasteiger partial charge in [0, 0.05) is 44.4 Å². The van der Waals surface area contributed by atoms with Gasteiger partial charge >= 0.3 is 5.97 Å². The molecule has 31 heavy (non-hydrogen) atoms. The summed E-state index contributed by atoms with van der Waals surface area (Å²) in [5, 5.41) is 0. The van der Waals surface area contributed by atoms with Crippen molar-refractivity contribution < 1.29 is 18.7 Å². The van der Waals surface area contributed by atoms with Crippen LogP contribution in [0.5, 0.6) is 0 Å². The average molecular weight is 420 g/mol. The molecule has 0 aliphatic carbocycles. The van der Waals surface area contributed by atoms with Crippen LogP contribution in [-0.2, 0) is 20.7 Å². The highest BCUT2D eigenvalue weighted by Gasteiger charge is 2.22. The molecule has 0 saturated carbocycles. The number of nitrogens with zero attached hydrogens (tertiary/aromatic N) is 4. The number of piperazine rings is 1. The van der Waals surface area contributed by atoms with Crippen LogP contribution in [0.2, 0.25) is 0 Å². The number of benzene rings is 1. The molecule has 0 atom stereocenters. The van der Waals surface area contributed by atoms with Crippen molar-refractivity contribution in [2.24, 2.45) is 0 Å². The first kappa shape index (κ1) is 20.6. The number of pyridine rings is 1. The van der Waals surface area contributed by atoms with E-state index < -0.39 is 5.97 Å². The molecule has 0 spiro atoms. The van der Waals surface area contributed by atoms with E-state index in [-0.39, 0.29) is 18.9 Å². The molecule has 4 rings (SSSR count). The number of rotatable bonds is 7. The van der Waals surface area contributed by atoms with Crippen LogP contribution in [0.15, 0.2) is 65.3 Å². The van der Waals surface area contributed by atoms with E-state index in [4.69, 9.17) is 9.15 Å². The Bertz CT molecular complexity index is 999. The third-order valence-electron chi connectivity index (χ3n) is 5.12. The van der Waals surface area contributed by atoms with Crippen molar-refractivity contribution in [2.75, 3.05) is 37.7 Å². The Morgan fingerprint density at radius 2 is 1.74 bits per heavy atom. The van der Waals surface area contributed by atoms with E-state index in [1.165, 1.54) is 0 Å². The van der Waals surface area contributed by atoms with Crippen LogP contribution < -0.4 is 4.90 Å². The Hall–Kier alpha value is -3.68. The van der Waals surface area contributed by atoms with Crippen LogP contribution in [0.3, 0.4) is 0 Å². The minimum atomic E-state index is -0.445. The molecule has 0 bridgehead atoms. The Labute approximate surface area is 180 Å². The number of ether oxygens (including phenoxy) is 1. The zero-order chi connectivity index (χ0) is 21.5. The molecular weight excluding hydrogens is 396 g/mol. The van der Waals surface area contributed by atoms with Crippen LogP contribution in [0.1, 0.15) is 12.3 Å². The van der Waals surface area contributed by atoms with Crippen molar-refractivity contribution in [3.63, 3.8) is 0 Å². The van der Waals surface area contributed by atoms with E-state index >= 15 is 0 Å². The van der Waals surface area contributed by atoms with Crippen molar-refractivity contribution in [2.45, 2.75) is 12.8 Å². The maximum Gasteiger partial charge on any atom is 0.306 e. The molecule has 8 heteroatoms.